The standard InChI is InChI=1S/C13H20N4O2S/c1-5-19-13(18)11-10(15)9(8-14)12(20-11)17(4)7-6-16(2)3/h5-7,15H2,1-4H3. The van der Waals surface area contributed by atoms with Gasteiger partial charge >= 0.3 is 5.97 Å². The SMILES string of the molecule is CCOC(=O)c1sc(N(C)CCN(C)C)c(C#N)c1N. The van der Waals surface area contributed by atoms with Crippen molar-refractivity contribution in [3.05, 3.63) is 10.4 Å². The zero-order chi connectivity index (χ0) is 15.3. The van der Waals surface area contributed by atoms with Gasteiger partial charge in [0.25, 0.3) is 0 Å². The van der Waals surface area contributed by atoms with Crippen LogP contribution >= 0.6 is 11.3 Å². The Hall–Kier alpha value is -1.78. The molecule has 1 aromatic rings. The number of carbonyl (C=O) groups excluding carboxylic acids is 1. The number of nitrogens with two attached hydrogens (primary N) is 1. The highest BCUT2D eigenvalue weighted by molar-refractivity contribution is 7.18. The molecule has 0 spiro atoms. The summed E-state index contributed by atoms with van der Waals surface area (Å²) < 4.78 is 4.95. The minimum Gasteiger partial charge on any atom is -0.462 e. The summed E-state index contributed by atoms with van der Waals surface area (Å²) in [5.74, 6) is -0.473. The first-order valence-electron chi connectivity index (χ1n) is 6.27. The number of likely N-dealkylation sites (N-methyl/N-ethyl adjacent to an activating group) is 2. The Kier molecular flexibility index (Phi) is 5.80. The average molecular weight is 296 g/mol. The molecular formula is C13H20N4O2S. The molecule has 0 atom stereocenters. The van der Waals surface area contributed by atoms with Crippen LogP contribution < -0.4 is 10.6 Å². The molecule has 0 saturated carbocycles. The molecule has 0 unspecified atom stereocenters. The molecule has 0 aromatic carbocycles. The largest absolute Gasteiger partial charge is 0.462 e. The van der Waals surface area contributed by atoms with Gasteiger partial charge in [-0.2, -0.15) is 5.26 Å². The van der Waals surface area contributed by atoms with E-state index in [2.05, 4.69) is 6.07 Å². The van der Waals surface area contributed by atoms with Crippen LogP contribution in [-0.2, 0) is 4.74 Å². The van der Waals surface area contributed by atoms with Crippen LogP contribution in [0, 0.1) is 11.3 Å². The van der Waals surface area contributed by atoms with Gasteiger partial charge in [-0.15, -0.1) is 11.3 Å². The molecule has 110 valence electrons. The van der Waals surface area contributed by atoms with E-state index < -0.39 is 5.97 Å². The number of carbonyl (C=O) groups is 1. The number of hydrogen-bond acceptors (Lipinski definition) is 7. The van der Waals surface area contributed by atoms with Gasteiger partial charge in [-0.1, -0.05) is 0 Å². The topological polar surface area (TPSA) is 82.6 Å². The summed E-state index contributed by atoms with van der Waals surface area (Å²) in [7, 11) is 5.84. The van der Waals surface area contributed by atoms with Crippen molar-refractivity contribution in [2.24, 2.45) is 0 Å². The van der Waals surface area contributed by atoms with Gasteiger partial charge in [0.05, 0.1) is 12.3 Å². The van der Waals surface area contributed by atoms with Gasteiger partial charge in [0.2, 0.25) is 0 Å². The number of nitrogen functional groups attached to an aromatic ring is 1. The Bertz CT molecular complexity index is 519. The second kappa shape index (κ2) is 7.12. The van der Waals surface area contributed by atoms with E-state index in [1.807, 2.05) is 30.9 Å². The molecule has 0 bridgehead atoms. The van der Waals surface area contributed by atoms with Gasteiger partial charge in [-0.05, 0) is 21.0 Å². The number of rotatable bonds is 6. The fourth-order valence-corrected chi connectivity index (χ4v) is 2.66. The van der Waals surface area contributed by atoms with E-state index in [1.165, 1.54) is 11.3 Å². The van der Waals surface area contributed by atoms with Gasteiger partial charge in [0.1, 0.15) is 21.5 Å². The van der Waals surface area contributed by atoms with E-state index in [-0.39, 0.29) is 12.3 Å². The average Bonchev–Trinajstić information content (AvgIpc) is 2.73. The lowest BCUT2D eigenvalue weighted by Gasteiger charge is -2.20. The molecule has 20 heavy (non-hydrogen) atoms. The number of nitrogens with zero attached hydrogens (tertiary/aromatic N) is 3. The molecule has 0 radical (unpaired) electrons. The first kappa shape index (κ1) is 16.3. The molecular weight excluding hydrogens is 276 g/mol. The highest BCUT2D eigenvalue weighted by atomic mass is 32.1. The molecule has 0 aliphatic carbocycles. The van der Waals surface area contributed by atoms with E-state index in [0.717, 1.165) is 13.1 Å². The summed E-state index contributed by atoms with van der Waals surface area (Å²) in [6.07, 6.45) is 0. The second-order valence-electron chi connectivity index (χ2n) is 4.58. The van der Waals surface area contributed by atoms with Crippen molar-refractivity contribution in [2.75, 3.05) is 51.5 Å². The number of nitriles is 1. The number of esters is 1. The van der Waals surface area contributed by atoms with Crippen molar-refractivity contribution in [1.29, 1.82) is 5.26 Å². The maximum Gasteiger partial charge on any atom is 0.350 e. The zero-order valence-electron chi connectivity index (χ0n) is 12.3. The van der Waals surface area contributed by atoms with Crippen LogP contribution in [0.4, 0.5) is 10.7 Å². The number of hydrogen-bond donors (Lipinski definition) is 1. The van der Waals surface area contributed by atoms with E-state index in [9.17, 15) is 10.1 Å². The normalized spacial score (nSPS) is 10.4. The van der Waals surface area contributed by atoms with Crippen molar-refractivity contribution < 1.29 is 9.53 Å². The van der Waals surface area contributed by atoms with Crippen molar-refractivity contribution in [3.63, 3.8) is 0 Å². The molecule has 0 amide bonds. The van der Waals surface area contributed by atoms with E-state index in [0.29, 0.717) is 15.4 Å². The fraction of sp³-hybridized carbons (Fsp3) is 0.538. The molecule has 2 N–H and O–H groups in total. The molecule has 0 fully saturated rings. The monoisotopic (exact) mass is 296 g/mol. The van der Waals surface area contributed by atoms with Crippen LogP contribution in [0.3, 0.4) is 0 Å². The Balaban J connectivity index is 3.05. The van der Waals surface area contributed by atoms with Crippen LogP contribution in [0.2, 0.25) is 0 Å². The number of thiophene rings is 1. The lowest BCUT2D eigenvalue weighted by Crippen LogP contribution is -2.28. The highest BCUT2D eigenvalue weighted by Crippen LogP contribution is 2.37. The van der Waals surface area contributed by atoms with Gasteiger partial charge in [0.15, 0.2) is 0 Å². The van der Waals surface area contributed by atoms with Gasteiger partial charge in [-0.3, -0.25) is 0 Å². The van der Waals surface area contributed by atoms with E-state index >= 15 is 0 Å². The predicted octanol–water partition coefficient (Wildman–Crippen LogP) is 1.38. The van der Waals surface area contributed by atoms with Crippen LogP contribution in [-0.4, -0.2) is 51.7 Å². The summed E-state index contributed by atoms with van der Waals surface area (Å²) in [5, 5.41) is 9.94. The third-order valence-electron chi connectivity index (χ3n) is 2.73. The first-order chi connectivity index (χ1) is 9.42. The fourth-order valence-electron chi connectivity index (χ4n) is 1.61. The predicted molar refractivity (Wildman–Crippen MR) is 81.2 cm³/mol. The van der Waals surface area contributed by atoms with Crippen LogP contribution in [0.1, 0.15) is 22.2 Å². The van der Waals surface area contributed by atoms with Crippen LogP contribution in [0.15, 0.2) is 0 Å². The molecule has 1 heterocycles. The lowest BCUT2D eigenvalue weighted by molar-refractivity contribution is 0.0533. The third kappa shape index (κ3) is 3.62. The summed E-state index contributed by atoms with van der Waals surface area (Å²) in [5.41, 5.74) is 6.45. The van der Waals surface area contributed by atoms with Gasteiger partial charge in [-0.25, -0.2) is 4.79 Å². The van der Waals surface area contributed by atoms with Gasteiger partial charge in [0, 0.05) is 20.1 Å². The van der Waals surface area contributed by atoms with Crippen LogP contribution in [0.5, 0.6) is 0 Å². The molecule has 0 aliphatic heterocycles. The Morgan fingerprint density at radius 1 is 1.40 bits per heavy atom. The summed E-state index contributed by atoms with van der Waals surface area (Å²) in [6.45, 7) is 3.60. The van der Waals surface area contributed by atoms with Crippen molar-refractivity contribution in [3.8, 4) is 6.07 Å². The molecule has 0 saturated heterocycles. The number of ether oxygens (including phenoxy) is 1. The minimum atomic E-state index is -0.473. The summed E-state index contributed by atoms with van der Waals surface area (Å²) in [4.78, 5) is 16.1. The Labute approximate surface area is 123 Å². The maximum atomic E-state index is 11.8. The Morgan fingerprint density at radius 2 is 2.05 bits per heavy atom. The van der Waals surface area contributed by atoms with E-state index in [4.69, 9.17) is 10.5 Å². The second-order valence-corrected chi connectivity index (χ2v) is 5.58. The summed E-state index contributed by atoms with van der Waals surface area (Å²) >= 11 is 1.20. The van der Waals surface area contributed by atoms with Crippen LogP contribution in [0.25, 0.3) is 0 Å². The minimum absolute atomic E-state index is 0.211. The highest BCUT2D eigenvalue weighted by Gasteiger charge is 2.23. The third-order valence-corrected chi connectivity index (χ3v) is 4.03. The lowest BCUT2D eigenvalue weighted by atomic mass is 10.2. The maximum absolute atomic E-state index is 11.8. The molecule has 0 aliphatic rings. The van der Waals surface area contributed by atoms with Crippen molar-refractivity contribution in [1.82, 2.24) is 4.90 Å². The quantitative estimate of drug-likeness (QED) is 0.799. The zero-order valence-corrected chi connectivity index (χ0v) is 13.1. The molecule has 7 heteroatoms. The smallest absolute Gasteiger partial charge is 0.350 e. The summed E-state index contributed by atoms with van der Waals surface area (Å²) in [6, 6.07) is 2.07. The first-order valence-corrected chi connectivity index (χ1v) is 7.09. The number of anilines is 2. The Morgan fingerprint density at radius 3 is 2.55 bits per heavy atom. The van der Waals surface area contributed by atoms with Gasteiger partial charge < -0.3 is 20.3 Å². The van der Waals surface area contributed by atoms with Crippen molar-refractivity contribution in [2.45, 2.75) is 6.92 Å². The molecule has 6 nitrogen and oxygen atoms in total. The molecule has 1 rings (SSSR count). The van der Waals surface area contributed by atoms with Crippen molar-refractivity contribution >= 4 is 28.0 Å². The van der Waals surface area contributed by atoms with E-state index in [1.54, 1.807) is 6.92 Å². The molecule has 1 aromatic heterocycles.